The van der Waals surface area contributed by atoms with Gasteiger partial charge >= 0.3 is 0 Å². The highest BCUT2D eigenvalue weighted by Gasteiger charge is 2.24. The Balaban J connectivity index is 2.22. The van der Waals surface area contributed by atoms with Gasteiger partial charge in [0.15, 0.2) is 11.5 Å². The summed E-state index contributed by atoms with van der Waals surface area (Å²) in [6.45, 7) is 0.652. The van der Waals surface area contributed by atoms with Gasteiger partial charge in [-0.3, -0.25) is 0 Å². The number of aliphatic hydroxyl groups is 1. The van der Waals surface area contributed by atoms with Gasteiger partial charge in [-0.05, 0) is 24.1 Å². The molecule has 1 fully saturated rings. The van der Waals surface area contributed by atoms with Crippen LogP contribution in [0.15, 0.2) is 18.2 Å². The normalized spacial score (nSPS) is 24.4. The molecule has 0 spiro atoms. The van der Waals surface area contributed by atoms with E-state index in [1.165, 1.54) is 0 Å². The molecule has 16 heavy (non-hydrogen) atoms. The van der Waals surface area contributed by atoms with Crippen molar-refractivity contribution >= 4 is 0 Å². The van der Waals surface area contributed by atoms with Gasteiger partial charge in [0.2, 0.25) is 0 Å². The quantitative estimate of drug-likeness (QED) is 0.805. The van der Waals surface area contributed by atoms with Gasteiger partial charge in [0.1, 0.15) is 0 Å². The molecule has 1 aromatic rings. The van der Waals surface area contributed by atoms with Crippen LogP contribution in [0.3, 0.4) is 0 Å². The minimum Gasteiger partial charge on any atom is -0.493 e. The van der Waals surface area contributed by atoms with Crippen LogP contribution in [0.1, 0.15) is 18.0 Å². The predicted octanol–water partition coefficient (Wildman–Crippen LogP) is 1.10. The number of rotatable bonds is 3. The van der Waals surface area contributed by atoms with Crippen LogP contribution >= 0.6 is 0 Å². The van der Waals surface area contributed by atoms with Crippen LogP contribution in [-0.4, -0.2) is 32.0 Å². The van der Waals surface area contributed by atoms with Crippen LogP contribution in [0, 0.1) is 0 Å². The maximum atomic E-state index is 9.47. The molecule has 4 heteroatoms. The van der Waals surface area contributed by atoms with Gasteiger partial charge in [0.25, 0.3) is 0 Å². The van der Waals surface area contributed by atoms with Crippen molar-refractivity contribution < 1.29 is 14.6 Å². The third-order valence-corrected chi connectivity index (χ3v) is 2.92. The Kier molecular flexibility index (Phi) is 3.31. The van der Waals surface area contributed by atoms with Crippen molar-refractivity contribution in [2.45, 2.75) is 18.6 Å². The van der Waals surface area contributed by atoms with Crippen LogP contribution < -0.4 is 14.8 Å². The fourth-order valence-electron chi connectivity index (χ4n) is 2.04. The van der Waals surface area contributed by atoms with Gasteiger partial charge in [-0.25, -0.2) is 0 Å². The lowest BCUT2D eigenvalue weighted by Gasteiger charge is -2.14. The molecule has 2 unspecified atom stereocenters. The third-order valence-electron chi connectivity index (χ3n) is 2.92. The molecule has 0 bridgehead atoms. The predicted molar refractivity (Wildman–Crippen MR) is 60.9 cm³/mol. The molecule has 1 saturated heterocycles. The highest BCUT2D eigenvalue weighted by Crippen LogP contribution is 2.32. The second-order valence-corrected chi connectivity index (χ2v) is 3.96. The Bertz CT molecular complexity index is 367. The molecule has 1 heterocycles. The summed E-state index contributed by atoms with van der Waals surface area (Å²) in [6.07, 6.45) is 0.494. The molecule has 4 nitrogen and oxygen atoms in total. The molecular formula is C12H17NO3. The number of hydrogen-bond acceptors (Lipinski definition) is 4. The summed E-state index contributed by atoms with van der Waals surface area (Å²) in [4.78, 5) is 0. The smallest absolute Gasteiger partial charge is 0.161 e. The Morgan fingerprint density at radius 1 is 1.25 bits per heavy atom. The molecule has 0 radical (unpaired) electrons. The summed E-state index contributed by atoms with van der Waals surface area (Å²) in [5, 5.41) is 12.7. The molecule has 1 aliphatic rings. The van der Waals surface area contributed by atoms with Crippen molar-refractivity contribution in [1.82, 2.24) is 5.32 Å². The first-order valence-electron chi connectivity index (χ1n) is 5.38. The first-order chi connectivity index (χ1) is 7.74. The zero-order valence-electron chi connectivity index (χ0n) is 9.56. The van der Waals surface area contributed by atoms with Gasteiger partial charge in [-0.2, -0.15) is 0 Å². The van der Waals surface area contributed by atoms with Gasteiger partial charge in [0, 0.05) is 12.6 Å². The van der Waals surface area contributed by atoms with E-state index in [1.54, 1.807) is 14.2 Å². The summed E-state index contributed by atoms with van der Waals surface area (Å²) in [5.74, 6) is 1.45. The highest BCUT2D eigenvalue weighted by atomic mass is 16.5. The number of hydrogen-bond donors (Lipinski definition) is 2. The summed E-state index contributed by atoms with van der Waals surface area (Å²) < 4.78 is 10.4. The SMILES string of the molecule is COc1ccc(C2CC(O)CN2)cc1OC. The number of methoxy groups -OCH3 is 2. The minimum atomic E-state index is -0.252. The van der Waals surface area contributed by atoms with Gasteiger partial charge < -0.3 is 19.9 Å². The van der Waals surface area contributed by atoms with E-state index in [0.29, 0.717) is 6.54 Å². The average Bonchev–Trinajstić information content (AvgIpc) is 2.75. The second-order valence-electron chi connectivity index (χ2n) is 3.96. The monoisotopic (exact) mass is 223 g/mol. The molecule has 1 aliphatic heterocycles. The lowest BCUT2D eigenvalue weighted by molar-refractivity contribution is 0.193. The zero-order chi connectivity index (χ0) is 11.5. The van der Waals surface area contributed by atoms with E-state index in [1.807, 2.05) is 18.2 Å². The van der Waals surface area contributed by atoms with Gasteiger partial charge in [0.05, 0.1) is 20.3 Å². The molecule has 0 aromatic heterocycles. The van der Waals surface area contributed by atoms with Crippen molar-refractivity contribution in [3.8, 4) is 11.5 Å². The Morgan fingerprint density at radius 2 is 2.00 bits per heavy atom. The fourth-order valence-corrected chi connectivity index (χ4v) is 2.04. The maximum Gasteiger partial charge on any atom is 0.161 e. The Labute approximate surface area is 95.2 Å². The lowest BCUT2D eigenvalue weighted by Crippen LogP contribution is -2.14. The molecule has 0 saturated carbocycles. The van der Waals surface area contributed by atoms with Crippen molar-refractivity contribution in [2.75, 3.05) is 20.8 Å². The standard InChI is InChI=1S/C12H17NO3/c1-15-11-4-3-8(5-12(11)16-2)10-6-9(14)7-13-10/h3-5,9-10,13-14H,6-7H2,1-2H3. The number of benzene rings is 1. The van der Waals surface area contributed by atoms with E-state index >= 15 is 0 Å². The maximum absolute atomic E-state index is 9.47. The minimum absolute atomic E-state index is 0.204. The third kappa shape index (κ3) is 2.13. The average molecular weight is 223 g/mol. The number of β-amino-alcohol motifs (C(OH)–C–C–N with tert-alkyl or cyclic N) is 1. The van der Waals surface area contributed by atoms with E-state index in [2.05, 4.69) is 5.32 Å². The van der Waals surface area contributed by atoms with Crippen molar-refractivity contribution in [3.05, 3.63) is 23.8 Å². The summed E-state index contributed by atoms with van der Waals surface area (Å²) in [7, 11) is 3.24. The molecule has 2 N–H and O–H groups in total. The van der Waals surface area contributed by atoms with Crippen molar-refractivity contribution in [2.24, 2.45) is 0 Å². The topological polar surface area (TPSA) is 50.7 Å². The van der Waals surface area contributed by atoms with Crippen molar-refractivity contribution in [1.29, 1.82) is 0 Å². The number of ether oxygens (including phenoxy) is 2. The van der Waals surface area contributed by atoms with Gasteiger partial charge in [-0.1, -0.05) is 6.07 Å². The summed E-state index contributed by atoms with van der Waals surface area (Å²) in [5.41, 5.74) is 1.12. The van der Waals surface area contributed by atoms with Crippen LogP contribution in [0.2, 0.25) is 0 Å². The molecule has 2 atom stereocenters. The van der Waals surface area contributed by atoms with E-state index in [4.69, 9.17) is 9.47 Å². The summed E-state index contributed by atoms with van der Waals surface area (Å²) >= 11 is 0. The van der Waals surface area contributed by atoms with Crippen LogP contribution in [0.5, 0.6) is 11.5 Å². The molecule has 2 rings (SSSR count). The molecule has 88 valence electrons. The summed E-state index contributed by atoms with van der Waals surface area (Å²) in [6, 6.07) is 6.04. The second kappa shape index (κ2) is 4.72. The van der Waals surface area contributed by atoms with E-state index in [0.717, 1.165) is 23.5 Å². The highest BCUT2D eigenvalue weighted by molar-refractivity contribution is 5.44. The largest absolute Gasteiger partial charge is 0.493 e. The lowest BCUT2D eigenvalue weighted by atomic mass is 10.0. The van der Waals surface area contributed by atoms with E-state index < -0.39 is 0 Å². The first-order valence-corrected chi connectivity index (χ1v) is 5.38. The van der Waals surface area contributed by atoms with Crippen LogP contribution in [0.4, 0.5) is 0 Å². The van der Waals surface area contributed by atoms with E-state index in [9.17, 15) is 5.11 Å². The molecule has 0 amide bonds. The number of aliphatic hydroxyl groups excluding tert-OH is 1. The van der Waals surface area contributed by atoms with E-state index in [-0.39, 0.29) is 12.1 Å². The van der Waals surface area contributed by atoms with Crippen LogP contribution in [0.25, 0.3) is 0 Å². The number of nitrogens with one attached hydrogen (secondary N) is 1. The zero-order valence-corrected chi connectivity index (χ0v) is 9.56. The Morgan fingerprint density at radius 3 is 2.56 bits per heavy atom. The fraction of sp³-hybridized carbons (Fsp3) is 0.500. The first kappa shape index (κ1) is 11.2. The van der Waals surface area contributed by atoms with Crippen LogP contribution in [-0.2, 0) is 0 Å². The molecule has 0 aliphatic carbocycles. The van der Waals surface area contributed by atoms with Crippen molar-refractivity contribution in [3.63, 3.8) is 0 Å². The Hall–Kier alpha value is -1.26. The molecule has 1 aromatic carbocycles. The molecular weight excluding hydrogens is 206 g/mol. The van der Waals surface area contributed by atoms with Gasteiger partial charge in [-0.15, -0.1) is 0 Å².